The van der Waals surface area contributed by atoms with Crippen LogP contribution in [0.25, 0.3) is 21.8 Å². The summed E-state index contributed by atoms with van der Waals surface area (Å²) in [5, 5.41) is 25.9. The Bertz CT molecular complexity index is 1690. The summed E-state index contributed by atoms with van der Waals surface area (Å²) in [6, 6.07) is 16.5. The number of aromatic amines is 3. The molecule has 8 N–H and O–H groups in total. The first kappa shape index (κ1) is 43.1. The van der Waals surface area contributed by atoms with Gasteiger partial charge in [-0.15, -0.1) is 0 Å². The monoisotopic (exact) mass is 705 g/mol. The predicted molar refractivity (Wildman–Crippen MR) is 198 cm³/mol. The van der Waals surface area contributed by atoms with Crippen molar-refractivity contribution in [2.45, 2.75) is 66.8 Å². The van der Waals surface area contributed by atoms with Crippen molar-refractivity contribution in [3.63, 3.8) is 0 Å². The van der Waals surface area contributed by atoms with E-state index in [1.807, 2.05) is 36.8 Å². The molecule has 0 saturated carbocycles. The van der Waals surface area contributed by atoms with Crippen LogP contribution in [0.15, 0.2) is 73.4 Å². The smallest absolute Gasteiger partial charge is 0.322 e. The molecule has 0 bridgehead atoms. The van der Waals surface area contributed by atoms with Crippen LogP contribution in [0.4, 0.5) is 0 Å². The molecule has 2 aromatic carbocycles. The zero-order chi connectivity index (χ0) is 38.2. The molecule has 5 aromatic rings. The molecule has 1 atom stereocenters. The number of aliphatic carboxylic acids is 2. The highest BCUT2D eigenvalue weighted by Crippen LogP contribution is 2.16. The highest BCUT2D eigenvalue weighted by molar-refractivity contribution is 5.86. The Balaban J connectivity index is 0.000000352. The van der Waals surface area contributed by atoms with Crippen molar-refractivity contribution < 1.29 is 34.2 Å². The second-order valence-corrected chi connectivity index (χ2v) is 12.1. The molecule has 0 aliphatic carbocycles. The third-order valence-corrected chi connectivity index (χ3v) is 6.43. The van der Waals surface area contributed by atoms with Gasteiger partial charge in [-0.2, -0.15) is 0 Å². The first-order valence-corrected chi connectivity index (χ1v) is 16.4. The Morgan fingerprint density at radius 1 is 0.765 bits per heavy atom. The van der Waals surface area contributed by atoms with E-state index in [2.05, 4.69) is 102 Å². The third kappa shape index (κ3) is 19.6. The maximum Gasteiger partial charge on any atom is 0.322 e. The van der Waals surface area contributed by atoms with Crippen molar-refractivity contribution in [2.24, 2.45) is 5.92 Å². The molecule has 0 fully saturated rings. The molecule has 14 heteroatoms. The summed E-state index contributed by atoms with van der Waals surface area (Å²) >= 11 is 0. The number of carboxylic acid groups (broad SMARTS) is 2. The number of nitrogens with one attached hydrogen (secondary N) is 6. The van der Waals surface area contributed by atoms with Gasteiger partial charge in [0, 0.05) is 65.0 Å². The van der Waals surface area contributed by atoms with Crippen LogP contribution in [0.2, 0.25) is 0 Å². The van der Waals surface area contributed by atoms with Gasteiger partial charge >= 0.3 is 11.9 Å². The van der Waals surface area contributed by atoms with E-state index in [0.29, 0.717) is 12.8 Å². The molecule has 3 heterocycles. The number of nitrogens with zero attached hydrogens (tertiary/aromatic N) is 1. The molecule has 276 valence electrons. The van der Waals surface area contributed by atoms with Crippen LogP contribution in [0, 0.1) is 19.8 Å². The minimum atomic E-state index is -1.04. The van der Waals surface area contributed by atoms with Gasteiger partial charge in [0.2, 0.25) is 18.2 Å². The number of benzene rings is 2. The van der Waals surface area contributed by atoms with Crippen LogP contribution in [0.1, 0.15) is 57.4 Å². The molecule has 14 nitrogen and oxygen atoms in total. The molecule has 3 amide bonds. The highest BCUT2D eigenvalue weighted by atomic mass is 16.4. The van der Waals surface area contributed by atoms with Gasteiger partial charge in [-0.1, -0.05) is 57.2 Å². The normalized spacial score (nSPS) is 10.4. The van der Waals surface area contributed by atoms with E-state index in [0.717, 1.165) is 11.6 Å². The molecule has 51 heavy (non-hydrogen) atoms. The minimum absolute atomic E-state index is 0.0983. The number of hydrogen-bond acceptors (Lipinski definition) is 6. The standard InChI is InChI=1S/C12H18N4O4.2C9H9N.C4H10.C3H5NO3/c1-8(4-9-5-13-7-15-9)16-11(18)6-14-10(17)2-3-12(19)20;2*1-7-6-10-9-5-3-2-4-8(7)9;1-4(2)3;5-2-4-1-3(6)7/h5,7-8H,2-4,6H2,1H3,(H,13,15)(H,14,17)(H,16,18)(H,19,20);2*2-6,10H,1H3;4H,1-3H3;2H,1H2,(H,4,5)(H,6,7). The Hall–Kier alpha value is -5.92. The lowest BCUT2D eigenvalue weighted by molar-refractivity contribution is -0.139. The summed E-state index contributed by atoms with van der Waals surface area (Å²) in [4.78, 5) is 65.1. The first-order chi connectivity index (χ1) is 24.2. The number of hydrogen-bond donors (Lipinski definition) is 8. The van der Waals surface area contributed by atoms with Gasteiger partial charge in [-0.05, 0) is 49.9 Å². The van der Waals surface area contributed by atoms with Crippen LogP contribution < -0.4 is 16.0 Å². The minimum Gasteiger partial charge on any atom is -0.481 e. The summed E-state index contributed by atoms with van der Waals surface area (Å²) < 4.78 is 0. The topological polar surface area (TPSA) is 222 Å². The second kappa shape index (κ2) is 24.3. The lowest BCUT2D eigenvalue weighted by Gasteiger charge is -2.13. The lowest BCUT2D eigenvalue weighted by Crippen LogP contribution is -2.41. The summed E-state index contributed by atoms with van der Waals surface area (Å²) in [6.07, 6.45) is 7.88. The number of fused-ring (bicyclic) bond motifs is 2. The fourth-order valence-corrected chi connectivity index (χ4v) is 4.15. The Morgan fingerprint density at radius 2 is 1.29 bits per heavy atom. The van der Waals surface area contributed by atoms with Crippen LogP contribution in [-0.2, 0) is 30.4 Å². The van der Waals surface area contributed by atoms with Crippen LogP contribution >= 0.6 is 0 Å². The number of aryl methyl sites for hydroxylation is 2. The van der Waals surface area contributed by atoms with Crippen molar-refractivity contribution in [3.8, 4) is 0 Å². The molecular weight excluding hydrogens is 654 g/mol. The van der Waals surface area contributed by atoms with Crippen LogP contribution in [0.3, 0.4) is 0 Å². The molecular formula is C37H51N7O7. The van der Waals surface area contributed by atoms with E-state index in [4.69, 9.17) is 10.2 Å². The molecule has 0 aliphatic rings. The molecule has 0 aliphatic heterocycles. The molecule has 5 rings (SSSR count). The highest BCUT2D eigenvalue weighted by Gasteiger charge is 2.11. The fourth-order valence-electron chi connectivity index (χ4n) is 4.15. The van der Waals surface area contributed by atoms with Gasteiger partial charge in [0.05, 0.1) is 19.3 Å². The number of imidazole rings is 1. The van der Waals surface area contributed by atoms with Gasteiger partial charge in [-0.25, -0.2) is 4.98 Å². The van der Waals surface area contributed by atoms with Gasteiger partial charge in [-0.3, -0.25) is 24.0 Å². The number of rotatable bonds is 11. The quantitative estimate of drug-likeness (QED) is 0.0884. The summed E-state index contributed by atoms with van der Waals surface area (Å²) in [5.74, 6) is -2.02. The van der Waals surface area contributed by atoms with Crippen molar-refractivity contribution in [3.05, 3.63) is 90.3 Å². The molecule has 1 unspecified atom stereocenters. The zero-order valence-electron chi connectivity index (χ0n) is 30.1. The van der Waals surface area contributed by atoms with E-state index in [9.17, 15) is 24.0 Å². The van der Waals surface area contributed by atoms with E-state index in [1.54, 1.807) is 12.5 Å². The molecule has 0 radical (unpaired) electrons. The van der Waals surface area contributed by atoms with Gasteiger partial charge in [0.15, 0.2) is 0 Å². The first-order valence-electron chi connectivity index (χ1n) is 16.4. The van der Waals surface area contributed by atoms with E-state index < -0.39 is 17.8 Å². The van der Waals surface area contributed by atoms with Crippen LogP contribution in [0.5, 0.6) is 0 Å². The van der Waals surface area contributed by atoms with Gasteiger partial charge < -0.3 is 41.1 Å². The van der Waals surface area contributed by atoms with Crippen LogP contribution in [-0.4, -0.2) is 79.4 Å². The zero-order valence-corrected chi connectivity index (χ0v) is 30.1. The summed E-state index contributed by atoms with van der Waals surface area (Å²) in [5.41, 5.74) is 5.98. The Kier molecular flexibility index (Phi) is 20.5. The van der Waals surface area contributed by atoms with Crippen molar-refractivity contribution >= 4 is 52.0 Å². The third-order valence-electron chi connectivity index (χ3n) is 6.43. The van der Waals surface area contributed by atoms with E-state index >= 15 is 0 Å². The molecule has 3 aromatic heterocycles. The number of amides is 3. The molecule has 0 spiro atoms. The predicted octanol–water partition coefficient (Wildman–Crippen LogP) is 4.87. The molecule has 0 saturated heterocycles. The average molecular weight is 706 g/mol. The van der Waals surface area contributed by atoms with Gasteiger partial charge in [0.1, 0.15) is 6.54 Å². The van der Waals surface area contributed by atoms with Gasteiger partial charge in [0.25, 0.3) is 0 Å². The number of para-hydroxylation sites is 2. The van der Waals surface area contributed by atoms with Crippen molar-refractivity contribution in [1.29, 1.82) is 0 Å². The van der Waals surface area contributed by atoms with Crippen molar-refractivity contribution in [2.75, 3.05) is 13.1 Å². The number of H-pyrrole nitrogens is 3. The fraction of sp³-hybridized carbons (Fsp3) is 0.351. The van der Waals surface area contributed by atoms with E-state index in [-0.39, 0.29) is 37.9 Å². The SMILES string of the molecule is CC(C)C.CC(Cc1cnc[nH]1)NC(=O)CNC(=O)CCC(=O)O.Cc1c[nH]c2ccccc12.Cc1c[nH]c2ccccc12.O=CNCC(=O)O. The second-order valence-electron chi connectivity index (χ2n) is 12.1. The van der Waals surface area contributed by atoms with E-state index in [1.165, 1.54) is 32.9 Å². The van der Waals surface area contributed by atoms with Crippen molar-refractivity contribution in [1.82, 2.24) is 35.9 Å². The largest absolute Gasteiger partial charge is 0.481 e. The number of carbonyl (C=O) groups excluding carboxylic acids is 3. The lowest BCUT2D eigenvalue weighted by atomic mass is 10.2. The number of carboxylic acids is 2. The number of aromatic nitrogens is 4. The Morgan fingerprint density at radius 3 is 1.71 bits per heavy atom. The summed E-state index contributed by atoms with van der Waals surface area (Å²) in [6.45, 7) is 12.1. The maximum absolute atomic E-state index is 11.6. The number of carbonyl (C=O) groups is 5. The Labute approximate surface area is 297 Å². The average Bonchev–Trinajstić information content (AvgIpc) is 3.83. The summed E-state index contributed by atoms with van der Waals surface area (Å²) in [7, 11) is 0. The maximum atomic E-state index is 11.6.